The lowest BCUT2D eigenvalue weighted by Crippen LogP contribution is -2.41. The molecule has 0 N–H and O–H groups in total. The molecule has 0 spiro atoms. The van der Waals surface area contributed by atoms with Crippen molar-refractivity contribution < 1.29 is 13.7 Å². The van der Waals surface area contributed by atoms with Gasteiger partial charge in [0.2, 0.25) is 5.79 Å². The summed E-state index contributed by atoms with van der Waals surface area (Å²) in [6, 6.07) is 5.90. The van der Waals surface area contributed by atoms with Gasteiger partial charge in [-0.05, 0) is 46.2 Å². The van der Waals surface area contributed by atoms with Crippen LogP contribution < -0.4 is 5.79 Å². The summed E-state index contributed by atoms with van der Waals surface area (Å²) in [6.07, 6.45) is 0. The standard InChI is InChI=1S/C14H18BNO3/c1-9-7-6-8-10-11(9)17-12(16-10)15-18-13(2,3)14(4,5)19-15/h6-8H,1-5H3. The molecule has 1 saturated heterocycles. The van der Waals surface area contributed by atoms with Crippen molar-refractivity contribution in [1.29, 1.82) is 0 Å². The van der Waals surface area contributed by atoms with E-state index in [1.54, 1.807) is 0 Å². The van der Waals surface area contributed by atoms with Crippen molar-refractivity contribution in [2.24, 2.45) is 0 Å². The van der Waals surface area contributed by atoms with Crippen molar-refractivity contribution in [2.45, 2.75) is 45.8 Å². The Labute approximate surface area is 113 Å². The van der Waals surface area contributed by atoms with Crippen LogP contribution in [0.3, 0.4) is 0 Å². The Morgan fingerprint density at radius 1 is 1.05 bits per heavy atom. The lowest BCUT2D eigenvalue weighted by atomic mass is 9.90. The van der Waals surface area contributed by atoms with E-state index in [0.717, 1.165) is 16.7 Å². The zero-order valence-corrected chi connectivity index (χ0v) is 12.0. The van der Waals surface area contributed by atoms with E-state index in [4.69, 9.17) is 13.7 Å². The molecule has 1 aromatic heterocycles. The van der Waals surface area contributed by atoms with Gasteiger partial charge in [-0.1, -0.05) is 12.1 Å². The summed E-state index contributed by atoms with van der Waals surface area (Å²) in [7, 11) is -0.545. The Morgan fingerprint density at radius 2 is 1.68 bits per heavy atom. The predicted octanol–water partition coefficient (Wildman–Crippen LogP) is 2.44. The number of aromatic nitrogens is 1. The fraction of sp³-hybridized carbons (Fsp3) is 0.500. The predicted molar refractivity (Wildman–Crippen MR) is 74.5 cm³/mol. The highest BCUT2D eigenvalue weighted by atomic mass is 16.7. The fourth-order valence-electron chi connectivity index (χ4n) is 2.15. The number of hydrogen-bond donors (Lipinski definition) is 0. The molecule has 1 aliphatic rings. The monoisotopic (exact) mass is 259 g/mol. The molecule has 1 aliphatic heterocycles. The third-order valence-electron chi connectivity index (χ3n) is 4.08. The normalized spacial score (nSPS) is 21.2. The summed E-state index contributed by atoms with van der Waals surface area (Å²) in [5.41, 5.74) is 1.94. The maximum absolute atomic E-state index is 5.94. The van der Waals surface area contributed by atoms with Crippen LogP contribution in [0.15, 0.2) is 22.6 Å². The Balaban J connectivity index is 2.01. The van der Waals surface area contributed by atoms with Crippen molar-refractivity contribution in [1.82, 2.24) is 4.98 Å². The average molecular weight is 259 g/mol. The van der Waals surface area contributed by atoms with Gasteiger partial charge in [-0.15, -0.1) is 0 Å². The second-order valence-corrected chi connectivity index (χ2v) is 6.06. The molecule has 0 atom stereocenters. The van der Waals surface area contributed by atoms with Crippen molar-refractivity contribution in [3.05, 3.63) is 23.8 Å². The molecule has 0 saturated carbocycles. The van der Waals surface area contributed by atoms with E-state index in [-0.39, 0.29) is 11.2 Å². The molecule has 3 rings (SSSR count). The second-order valence-electron chi connectivity index (χ2n) is 6.06. The van der Waals surface area contributed by atoms with E-state index in [1.165, 1.54) is 0 Å². The highest BCUT2D eigenvalue weighted by Crippen LogP contribution is 2.36. The van der Waals surface area contributed by atoms with E-state index in [2.05, 4.69) is 4.98 Å². The highest BCUT2D eigenvalue weighted by molar-refractivity contribution is 6.59. The molecule has 1 fully saturated rings. The zero-order chi connectivity index (χ0) is 13.8. The molecule has 2 heterocycles. The summed E-state index contributed by atoms with van der Waals surface area (Å²) in [5.74, 6) is 0.489. The third kappa shape index (κ3) is 1.88. The molecular weight excluding hydrogens is 241 g/mol. The van der Waals surface area contributed by atoms with Crippen LogP contribution in [-0.2, 0) is 9.31 Å². The Morgan fingerprint density at radius 3 is 2.26 bits per heavy atom. The van der Waals surface area contributed by atoms with Gasteiger partial charge in [0.15, 0.2) is 5.58 Å². The molecule has 1 aromatic carbocycles. The summed E-state index contributed by atoms with van der Waals surface area (Å²) in [5, 5.41) is 0. The summed E-state index contributed by atoms with van der Waals surface area (Å²) < 4.78 is 17.7. The molecule has 0 bridgehead atoms. The van der Waals surface area contributed by atoms with E-state index < -0.39 is 7.12 Å². The number of rotatable bonds is 1. The van der Waals surface area contributed by atoms with Crippen LogP contribution in [0.25, 0.3) is 11.1 Å². The quantitative estimate of drug-likeness (QED) is 0.738. The van der Waals surface area contributed by atoms with E-state index in [1.807, 2.05) is 52.8 Å². The van der Waals surface area contributed by atoms with Gasteiger partial charge in [-0.2, -0.15) is 0 Å². The molecule has 0 unspecified atom stereocenters. The molecule has 0 radical (unpaired) electrons. The van der Waals surface area contributed by atoms with Gasteiger partial charge < -0.3 is 13.7 Å². The minimum absolute atomic E-state index is 0.382. The van der Waals surface area contributed by atoms with Crippen LogP contribution in [0.5, 0.6) is 0 Å². The van der Waals surface area contributed by atoms with Crippen LogP contribution in [0, 0.1) is 6.92 Å². The molecule has 19 heavy (non-hydrogen) atoms. The molecule has 5 heteroatoms. The van der Waals surface area contributed by atoms with Crippen molar-refractivity contribution in [2.75, 3.05) is 0 Å². The Kier molecular flexibility index (Phi) is 2.56. The summed E-state index contributed by atoms with van der Waals surface area (Å²) in [6.45, 7) is 10.1. The highest BCUT2D eigenvalue weighted by Gasteiger charge is 2.54. The molecule has 2 aromatic rings. The Hall–Kier alpha value is -1.33. The molecule has 4 nitrogen and oxygen atoms in total. The van der Waals surface area contributed by atoms with Gasteiger partial charge in [-0.25, -0.2) is 4.98 Å². The van der Waals surface area contributed by atoms with Crippen molar-refractivity contribution in [3.63, 3.8) is 0 Å². The minimum atomic E-state index is -0.545. The van der Waals surface area contributed by atoms with Gasteiger partial charge in [0.05, 0.1) is 11.2 Å². The molecule has 0 aliphatic carbocycles. The number of benzene rings is 1. The van der Waals surface area contributed by atoms with Crippen LogP contribution in [-0.4, -0.2) is 23.3 Å². The lowest BCUT2D eigenvalue weighted by molar-refractivity contribution is 0.00578. The number of hydrogen-bond acceptors (Lipinski definition) is 4. The second kappa shape index (κ2) is 3.84. The maximum atomic E-state index is 5.94. The number of aryl methyl sites for hydroxylation is 1. The van der Waals surface area contributed by atoms with E-state index in [9.17, 15) is 0 Å². The number of fused-ring (bicyclic) bond motifs is 1. The van der Waals surface area contributed by atoms with E-state index >= 15 is 0 Å². The Bertz CT molecular complexity index is 617. The first kappa shape index (κ1) is 12.7. The summed E-state index contributed by atoms with van der Waals surface area (Å²) in [4.78, 5) is 4.47. The number of nitrogens with zero attached hydrogens (tertiary/aromatic N) is 1. The zero-order valence-electron chi connectivity index (χ0n) is 12.0. The van der Waals surface area contributed by atoms with Crippen molar-refractivity contribution in [3.8, 4) is 0 Å². The molecule has 0 amide bonds. The van der Waals surface area contributed by atoms with Crippen LogP contribution in [0.2, 0.25) is 0 Å². The van der Waals surface area contributed by atoms with Crippen LogP contribution in [0.4, 0.5) is 0 Å². The van der Waals surface area contributed by atoms with Crippen molar-refractivity contribution >= 4 is 24.0 Å². The number of oxazole rings is 1. The summed E-state index contributed by atoms with van der Waals surface area (Å²) >= 11 is 0. The SMILES string of the molecule is Cc1cccc2nc(B3OC(C)(C)C(C)(C)O3)oc12. The largest absolute Gasteiger partial charge is 0.554 e. The third-order valence-corrected chi connectivity index (χ3v) is 4.08. The van der Waals surface area contributed by atoms with Gasteiger partial charge in [-0.3, -0.25) is 0 Å². The van der Waals surface area contributed by atoms with Gasteiger partial charge in [0.25, 0.3) is 0 Å². The van der Waals surface area contributed by atoms with Crippen LogP contribution >= 0.6 is 0 Å². The van der Waals surface area contributed by atoms with Gasteiger partial charge >= 0.3 is 7.12 Å². The van der Waals surface area contributed by atoms with E-state index in [0.29, 0.717) is 5.79 Å². The first-order chi connectivity index (χ1) is 8.80. The molecular formula is C14H18BNO3. The minimum Gasteiger partial charge on any atom is -0.443 e. The maximum Gasteiger partial charge on any atom is 0.554 e. The lowest BCUT2D eigenvalue weighted by Gasteiger charge is -2.32. The molecule has 100 valence electrons. The van der Waals surface area contributed by atoms with Gasteiger partial charge in [0, 0.05) is 0 Å². The number of para-hydroxylation sites is 1. The van der Waals surface area contributed by atoms with Crippen LogP contribution in [0.1, 0.15) is 33.3 Å². The smallest absolute Gasteiger partial charge is 0.443 e. The first-order valence-electron chi connectivity index (χ1n) is 6.52. The first-order valence-corrected chi connectivity index (χ1v) is 6.52. The fourth-order valence-corrected chi connectivity index (χ4v) is 2.15. The topological polar surface area (TPSA) is 44.5 Å². The van der Waals surface area contributed by atoms with Gasteiger partial charge in [0.1, 0.15) is 5.52 Å². The average Bonchev–Trinajstić information content (AvgIpc) is 2.80.